The van der Waals surface area contributed by atoms with Gasteiger partial charge in [-0.05, 0) is 45.9 Å². The number of imide groups is 1. The van der Waals surface area contributed by atoms with Gasteiger partial charge in [0.1, 0.15) is 5.76 Å². The Labute approximate surface area is 155 Å². The SMILES string of the molecule is C#CCN1C(=O)S/C(=C/c2cc(Br)c(Sc3ccccc3)o2)C1=O. The van der Waals surface area contributed by atoms with E-state index in [9.17, 15) is 9.59 Å². The monoisotopic (exact) mass is 419 g/mol. The van der Waals surface area contributed by atoms with Crippen LogP contribution in [0.25, 0.3) is 6.08 Å². The maximum atomic E-state index is 12.2. The lowest BCUT2D eigenvalue weighted by molar-refractivity contribution is -0.122. The first-order chi connectivity index (χ1) is 11.6. The quantitative estimate of drug-likeness (QED) is 0.522. The molecule has 2 amide bonds. The molecule has 1 aliphatic rings. The number of furan rings is 1. The zero-order valence-corrected chi connectivity index (χ0v) is 15.4. The molecule has 1 saturated heterocycles. The predicted molar refractivity (Wildman–Crippen MR) is 98.5 cm³/mol. The summed E-state index contributed by atoms with van der Waals surface area (Å²) in [5.41, 5.74) is 0. The molecule has 120 valence electrons. The molecular weight excluding hydrogens is 410 g/mol. The summed E-state index contributed by atoms with van der Waals surface area (Å²) in [7, 11) is 0. The van der Waals surface area contributed by atoms with Crippen LogP contribution in [0.4, 0.5) is 4.79 Å². The lowest BCUT2D eigenvalue weighted by Crippen LogP contribution is -2.28. The molecule has 0 saturated carbocycles. The maximum Gasteiger partial charge on any atom is 0.294 e. The lowest BCUT2D eigenvalue weighted by Gasteiger charge is -2.06. The molecule has 0 aliphatic carbocycles. The number of nitrogens with zero attached hydrogens (tertiary/aromatic N) is 1. The molecular formula is C17H10BrNO3S2. The summed E-state index contributed by atoms with van der Waals surface area (Å²) >= 11 is 5.77. The molecule has 0 N–H and O–H groups in total. The zero-order valence-electron chi connectivity index (χ0n) is 12.2. The van der Waals surface area contributed by atoms with Crippen LogP contribution in [0.3, 0.4) is 0 Å². The van der Waals surface area contributed by atoms with Crippen LogP contribution in [0.1, 0.15) is 5.76 Å². The van der Waals surface area contributed by atoms with Crippen molar-refractivity contribution in [2.45, 2.75) is 9.99 Å². The smallest absolute Gasteiger partial charge is 0.294 e. The van der Waals surface area contributed by atoms with Gasteiger partial charge in [-0.3, -0.25) is 14.5 Å². The third-order valence-electron chi connectivity index (χ3n) is 3.02. The molecule has 3 rings (SSSR count). The van der Waals surface area contributed by atoms with Crippen LogP contribution >= 0.6 is 39.5 Å². The Morgan fingerprint density at radius 1 is 1.33 bits per heavy atom. The topological polar surface area (TPSA) is 50.5 Å². The van der Waals surface area contributed by atoms with Crippen LogP contribution in [0.15, 0.2) is 60.2 Å². The summed E-state index contributed by atoms with van der Waals surface area (Å²) in [6, 6.07) is 11.6. The minimum Gasteiger partial charge on any atom is -0.449 e. The third-order valence-corrected chi connectivity index (χ3v) is 5.78. The van der Waals surface area contributed by atoms with E-state index >= 15 is 0 Å². The van der Waals surface area contributed by atoms with Gasteiger partial charge in [-0.25, -0.2) is 0 Å². The van der Waals surface area contributed by atoms with Crippen molar-refractivity contribution in [3.05, 3.63) is 51.5 Å². The molecule has 0 radical (unpaired) electrons. The van der Waals surface area contributed by atoms with E-state index in [1.807, 2.05) is 30.3 Å². The van der Waals surface area contributed by atoms with E-state index in [4.69, 9.17) is 10.8 Å². The van der Waals surface area contributed by atoms with Crippen molar-refractivity contribution < 1.29 is 14.0 Å². The molecule has 1 aromatic carbocycles. The first-order valence-electron chi connectivity index (χ1n) is 6.79. The van der Waals surface area contributed by atoms with E-state index in [0.29, 0.717) is 15.8 Å². The summed E-state index contributed by atoms with van der Waals surface area (Å²) in [5.74, 6) is 2.40. The number of thioether (sulfide) groups is 1. The Balaban J connectivity index is 1.82. The van der Waals surface area contributed by atoms with E-state index < -0.39 is 5.91 Å². The molecule has 2 aromatic rings. The van der Waals surface area contributed by atoms with Gasteiger partial charge in [-0.1, -0.05) is 35.9 Å². The molecule has 4 nitrogen and oxygen atoms in total. The standard InChI is InChI=1S/C17H10BrNO3S2/c1-2-8-19-15(20)14(24-17(19)21)10-11-9-13(18)16(22-11)23-12-6-4-3-5-7-12/h1,3-7,9-10H,8H2/b14-10+. The normalized spacial score (nSPS) is 16.0. The summed E-state index contributed by atoms with van der Waals surface area (Å²) in [4.78, 5) is 26.3. The molecule has 0 unspecified atom stereocenters. The molecule has 24 heavy (non-hydrogen) atoms. The van der Waals surface area contributed by atoms with Gasteiger partial charge >= 0.3 is 0 Å². The van der Waals surface area contributed by atoms with E-state index in [1.165, 1.54) is 11.8 Å². The molecule has 7 heteroatoms. The second kappa shape index (κ2) is 7.34. The van der Waals surface area contributed by atoms with Gasteiger partial charge in [0, 0.05) is 11.0 Å². The van der Waals surface area contributed by atoms with Crippen LogP contribution in [-0.4, -0.2) is 22.6 Å². The van der Waals surface area contributed by atoms with Crippen LogP contribution < -0.4 is 0 Å². The lowest BCUT2D eigenvalue weighted by atomic mass is 10.3. The Bertz CT molecular complexity index is 868. The minimum atomic E-state index is -0.396. The predicted octanol–water partition coefficient (Wildman–Crippen LogP) is 4.86. The molecule has 2 heterocycles. The number of carbonyl (C=O) groups is 2. The average Bonchev–Trinajstić information content (AvgIpc) is 3.03. The fourth-order valence-corrected chi connectivity index (χ4v) is 4.13. The van der Waals surface area contributed by atoms with Crippen molar-refractivity contribution in [2.75, 3.05) is 6.54 Å². The molecule has 0 atom stereocenters. The summed E-state index contributed by atoms with van der Waals surface area (Å²) < 4.78 is 6.55. The van der Waals surface area contributed by atoms with Crippen LogP contribution in [0.5, 0.6) is 0 Å². The molecule has 1 fully saturated rings. The number of carbonyl (C=O) groups excluding carboxylic acids is 2. The molecule has 0 bridgehead atoms. The van der Waals surface area contributed by atoms with Crippen molar-refractivity contribution in [1.82, 2.24) is 4.90 Å². The molecule has 0 spiro atoms. The number of hydrogen-bond acceptors (Lipinski definition) is 5. The number of halogens is 1. The second-order valence-electron chi connectivity index (χ2n) is 4.67. The zero-order chi connectivity index (χ0) is 17.1. The van der Waals surface area contributed by atoms with Crippen molar-refractivity contribution in [1.29, 1.82) is 0 Å². The largest absolute Gasteiger partial charge is 0.449 e. The van der Waals surface area contributed by atoms with Gasteiger partial charge in [0.05, 0.1) is 15.9 Å². The highest BCUT2D eigenvalue weighted by molar-refractivity contribution is 9.10. The van der Waals surface area contributed by atoms with E-state index in [1.54, 1.807) is 12.1 Å². The number of hydrogen-bond donors (Lipinski definition) is 0. The second-order valence-corrected chi connectivity index (χ2v) is 7.57. The van der Waals surface area contributed by atoms with Crippen molar-refractivity contribution in [2.24, 2.45) is 0 Å². The van der Waals surface area contributed by atoms with Crippen LogP contribution in [0.2, 0.25) is 0 Å². The van der Waals surface area contributed by atoms with E-state index in [-0.39, 0.29) is 11.8 Å². The van der Waals surface area contributed by atoms with E-state index in [0.717, 1.165) is 26.0 Å². The summed E-state index contributed by atoms with van der Waals surface area (Å²) in [6.07, 6.45) is 6.73. The van der Waals surface area contributed by atoms with Crippen LogP contribution in [0, 0.1) is 12.3 Å². The third kappa shape index (κ3) is 3.61. The maximum absolute atomic E-state index is 12.2. The van der Waals surface area contributed by atoms with Gasteiger partial charge in [-0.2, -0.15) is 0 Å². The fraction of sp³-hybridized carbons (Fsp3) is 0.0588. The first kappa shape index (κ1) is 17.0. The number of terminal acetylenes is 1. The molecule has 1 aliphatic heterocycles. The number of rotatable bonds is 4. The highest BCUT2D eigenvalue weighted by Gasteiger charge is 2.34. The Hall–Kier alpha value is -1.88. The van der Waals surface area contributed by atoms with Crippen molar-refractivity contribution in [3.8, 4) is 12.3 Å². The first-order valence-corrected chi connectivity index (χ1v) is 9.22. The van der Waals surface area contributed by atoms with Crippen molar-refractivity contribution in [3.63, 3.8) is 0 Å². The van der Waals surface area contributed by atoms with Crippen molar-refractivity contribution >= 4 is 56.7 Å². The van der Waals surface area contributed by atoms with Gasteiger partial charge in [0.2, 0.25) is 0 Å². The van der Waals surface area contributed by atoms with Gasteiger partial charge < -0.3 is 4.42 Å². The van der Waals surface area contributed by atoms with E-state index in [2.05, 4.69) is 21.9 Å². The molecule has 1 aromatic heterocycles. The summed E-state index contributed by atoms with van der Waals surface area (Å²) in [6.45, 7) is -0.0288. The fourth-order valence-electron chi connectivity index (χ4n) is 1.96. The number of benzene rings is 1. The average molecular weight is 420 g/mol. The highest BCUT2D eigenvalue weighted by atomic mass is 79.9. The Morgan fingerprint density at radius 3 is 2.79 bits per heavy atom. The Kier molecular flexibility index (Phi) is 5.19. The van der Waals surface area contributed by atoms with Gasteiger partial charge in [0.15, 0.2) is 5.09 Å². The Morgan fingerprint density at radius 2 is 2.08 bits per heavy atom. The highest BCUT2D eigenvalue weighted by Crippen LogP contribution is 2.38. The van der Waals surface area contributed by atoms with Crippen LogP contribution in [-0.2, 0) is 4.79 Å². The van der Waals surface area contributed by atoms with Gasteiger partial charge in [-0.15, -0.1) is 6.42 Å². The summed E-state index contributed by atoms with van der Waals surface area (Å²) in [5, 5.41) is 0.309. The number of amides is 2. The minimum absolute atomic E-state index is 0.0288. The van der Waals surface area contributed by atoms with Gasteiger partial charge in [0.25, 0.3) is 11.1 Å².